The van der Waals surface area contributed by atoms with Crippen LogP contribution in [0.25, 0.3) is 0 Å². The molecule has 1 N–H and O–H groups in total. The fraction of sp³-hybridized carbons (Fsp3) is 0.500. The first-order valence-corrected chi connectivity index (χ1v) is 6.15. The Labute approximate surface area is 108 Å². The number of carbonyl (C=O) groups excluding carboxylic acids is 1. The van der Waals surface area contributed by atoms with Crippen LogP contribution in [0.4, 0.5) is 5.69 Å². The molecular formula is C14H21NO3. The largest absolute Gasteiger partial charge is 0.462 e. The Kier molecular flexibility index (Phi) is 6.22. The lowest BCUT2D eigenvalue weighted by Gasteiger charge is -2.09. The Balaban J connectivity index is 2.15. The fourth-order valence-electron chi connectivity index (χ4n) is 1.34. The van der Waals surface area contributed by atoms with E-state index in [-0.39, 0.29) is 18.6 Å². The van der Waals surface area contributed by atoms with E-state index < -0.39 is 0 Å². The van der Waals surface area contributed by atoms with Crippen LogP contribution in [-0.2, 0) is 14.3 Å². The van der Waals surface area contributed by atoms with E-state index in [1.165, 1.54) is 5.56 Å². The summed E-state index contributed by atoms with van der Waals surface area (Å²) in [6, 6.07) is 7.85. The molecule has 0 amide bonds. The molecule has 0 aliphatic rings. The zero-order valence-corrected chi connectivity index (χ0v) is 11.2. The van der Waals surface area contributed by atoms with Gasteiger partial charge in [0.1, 0.15) is 13.2 Å². The Bertz CT molecular complexity index is 360. The molecule has 1 aromatic rings. The topological polar surface area (TPSA) is 47.6 Å². The Hall–Kier alpha value is -1.55. The normalized spacial score (nSPS) is 10.4. The summed E-state index contributed by atoms with van der Waals surface area (Å²) in [5.74, 6) is -0.275. The molecule has 1 rings (SSSR count). The van der Waals surface area contributed by atoms with Gasteiger partial charge in [-0.3, -0.25) is 4.79 Å². The molecule has 0 spiro atoms. The molecule has 0 aromatic heterocycles. The second-order valence-electron chi connectivity index (χ2n) is 4.36. The molecule has 0 aliphatic heterocycles. The number of hydrogen-bond acceptors (Lipinski definition) is 4. The molecular weight excluding hydrogens is 230 g/mol. The SMILES string of the molecule is Cc1ccc(NCC(=O)OCCOC(C)C)cc1. The molecule has 4 nitrogen and oxygen atoms in total. The van der Waals surface area contributed by atoms with Gasteiger partial charge in [-0.15, -0.1) is 0 Å². The number of esters is 1. The molecule has 0 aliphatic carbocycles. The van der Waals surface area contributed by atoms with Gasteiger partial charge in [0, 0.05) is 5.69 Å². The molecule has 100 valence electrons. The van der Waals surface area contributed by atoms with Crippen LogP contribution in [0.3, 0.4) is 0 Å². The Morgan fingerprint density at radius 1 is 1.22 bits per heavy atom. The van der Waals surface area contributed by atoms with Crippen LogP contribution in [0.1, 0.15) is 19.4 Å². The highest BCUT2D eigenvalue weighted by atomic mass is 16.6. The second-order valence-corrected chi connectivity index (χ2v) is 4.36. The molecule has 1 aromatic carbocycles. The quantitative estimate of drug-likeness (QED) is 0.597. The number of nitrogens with one attached hydrogen (secondary N) is 1. The summed E-state index contributed by atoms with van der Waals surface area (Å²) in [7, 11) is 0. The van der Waals surface area contributed by atoms with Gasteiger partial charge >= 0.3 is 5.97 Å². The van der Waals surface area contributed by atoms with Gasteiger partial charge in [-0.05, 0) is 32.9 Å². The van der Waals surface area contributed by atoms with E-state index in [9.17, 15) is 4.79 Å². The molecule has 0 atom stereocenters. The molecule has 0 saturated carbocycles. The second kappa shape index (κ2) is 7.71. The predicted octanol–water partition coefficient (Wildman–Crippen LogP) is 2.38. The molecule has 0 saturated heterocycles. The Morgan fingerprint density at radius 3 is 2.50 bits per heavy atom. The molecule has 18 heavy (non-hydrogen) atoms. The van der Waals surface area contributed by atoms with Crippen molar-refractivity contribution in [3.05, 3.63) is 29.8 Å². The molecule has 0 fully saturated rings. The van der Waals surface area contributed by atoms with Gasteiger partial charge in [-0.2, -0.15) is 0 Å². The summed E-state index contributed by atoms with van der Waals surface area (Å²) >= 11 is 0. The predicted molar refractivity (Wildman–Crippen MR) is 71.7 cm³/mol. The first kappa shape index (κ1) is 14.5. The summed E-state index contributed by atoms with van der Waals surface area (Å²) in [6.45, 7) is 6.82. The maximum atomic E-state index is 11.4. The van der Waals surface area contributed by atoms with E-state index in [0.29, 0.717) is 13.2 Å². The smallest absolute Gasteiger partial charge is 0.325 e. The van der Waals surface area contributed by atoms with Crippen molar-refractivity contribution in [1.29, 1.82) is 0 Å². The number of aryl methyl sites for hydroxylation is 1. The van der Waals surface area contributed by atoms with Crippen molar-refractivity contribution in [2.45, 2.75) is 26.9 Å². The zero-order valence-electron chi connectivity index (χ0n) is 11.2. The first-order chi connectivity index (χ1) is 8.58. The van der Waals surface area contributed by atoms with Gasteiger partial charge in [-0.1, -0.05) is 17.7 Å². The summed E-state index contributed by atoms with van der Waals surface area (Å²) in [6.07, 6.45) is 0.161. The number of carbonyl (C=O) groups is 1. The minimum absolute atomic E-state index is 0.161. The van der Waals surface area contributed by atoms with Crippen LogP contribution in [0.15, 0.2) is 24.3 Å². The molecule has 0 heterocycles. The number of rotatable bonds is 7. The van der Waals surface area contributed by atoms with Crippen molar-refractivity contribution >= 4 is 11.7 Å². The van der Waals surface area contributed by atoms with Gasteiger partial charge in [0.15, 0.2) is 0 Å². The minimum Gasteiger partial charge on any atom is -0.462 e. The highest BCUT2D eigenvalue weighted by Crippen LogP contribution is 2.07. The van der Waals surface area contributed by atoms with E-state index >= 15 is 0 Å². The molecule has 4 heteroatoms. The third-order valence-electron chi connectivity index (χ3n) is 2.29. The summed E-state index contributed by atoms with van der Waals surface area (Å²) in [5, 5.41) is 3.01. The summed E-state index contributed by atoms with van der Waals surface area (Å²) < 4.78 is 10.3. The van der Waals surface area contributed by atoms with Gasteiger partial charge in [0.05, 0.1) is 12.7 Å². The Morgan fingerprint density at radius 2 is 1.89 bits per heavy atom. The third-order valence-corrected chi connectivity index (χ3v) is 2.29. The van der Waals surface area contributed by atoms with Crippen molar-refractivity contribution in [3.63, 3.8) is 0 Å². The summed E-state index contributed by atoms with van der Waals surface area (Å²) in [5.41, 5.74) is 2.10. The van der Waals surface area contributed by atoms with Gasteiger partial charge < -0.3 is 14.8 Å². The molecule has 0 unspecified atom stereocenters. The fourth-order valence-corrected chi connectivity index (χ4v) is 1.34. The average molecular weight is 251 g/mol. The lowest BCUT2D eigenvalue weighted by molar-refractivity contribution is -0.143. The number of ether oxygens (including phenoxy) is 2. The monoisotopic (exact) mass is 251 g/mol. The molecule has 0 radical (unpaired) electrons. The van der Waals surface area contributed by atoms with E-state index in [1.54, 1.807) is 0 Å². The van der Waals surface area contributed by atoms with Crippen molar-refractivity contribution in [2.24, 2.45) is 0 Å². The maximum Gasteiger partial charge on any atom is 0.325 e. The summed E-state index contributed by atoms with van der Waals surface area (Å²) in [4.78, 5) is 11.4. The van der Waals surface area contributed by atoms with E-state index in [0.717, 1.165) is 5.69 Å². The lowest BCUT2D eigenvalue weighted by atomic mass is 10.2. The van der Waals surface area contributed by atoms with Crippen molar-refractivity contribution in [3.8, 4) is 0 Å². The third kappa shape index (κ3) is 6.25. The van der Waals surface area contributed by atoms with Crippen LogP contribution in [-0.4, -0.2) is 31.8 Å². The van der Waals surface area contributed by atoms with Crippen LogP contribution in [0, 0.1) is 6.92 Å². The highest BCUT2D eigenvalue weighted by molar-refractivity contribution is 5.74. The number of anilines is 1. The van der Waals surface area contributed by atoms with E-state index in [1.807, 2.05) is 45.0 Å². The standard InChI is InChI=1S/C14H21NO3/c1-11(2)17-8-9-18-14(16)10-15-13-6-4-12(3)5-7-13/h4-7,11,15H,8-10H2,1-3H3. The van der Waals surface area contributed by atoms with Crippen LogP contribution < -0.4 is 5.32 Å². The van der Waals surface area contributed by atoms with Gasteiger partial charge in [-0.25, -0.2) is 0 Å². The van der Waals surface area contributed by atoms with Crippen LogP contribution >= 0.6 is 0 Å². The van der Waals surface area contributed by atoms with Crippen molar-refractivity contribution < 1.29 is 14.3 Å². The number of hydrogen-bond donors (Lipinski definition) is 1. The van der Waals surface area contributed by atoms with Gasteiger partial charge in [0.25, 0.3) is 0 Å². The minimum atomic E-state index is -0.275. The zero-order chi connectivity index (χ0) is 13.4. The number of benzene rings is 1. The average Bonchev–Trinajstić information content (AvgIpc) is 2.34. The van der Waals surface area contributed by atoms with Crippen LogP contribution in [0.5, 0.6) is 0 Å². The van der Waals surface area contributed by atoms with Crippen LogP contribution in [0.2, 0.25) is 0 Å². The maximum absolute atomic E-state index is 11.4. The van der Waals surface area contributed by atoms with E-state index in [4.69, 9.17) is 9.47 Å². The molecule has 0 bridgehead atoms. The van der Waals surface area contributed by atoms with E-state index in [2.05, 4.69) is 5.32 Å². The van der Waals surface area contributed by atoms with Gasteiger partial charge in [0.2, 0.25) is 0 Å². The lowest BCUT2D eigenvalue weighted by Crippen LogP contribution is -2.19. The van der Waals surface area contributed by atoms with Crippen molar-refractivity contribution in [1.82, 2.24) is 0 Å². The van der Waals surface area contributed by atoms with Crippen molar-refractivity contribution in [2.75, 3.05) is 25.1 Å². The highest BCUT2D eigenvalue weighted by Gasteiger charge is 2.02. The first-order valence-electron chi connectivity index (χ1n) is 6.15.